The second kappa shape index (κ2) is 8.43. The van der Waals surface area contributed by atoms with Crippen LogP contribution in [0, 0.1) is 19.7 Å². The molecule has 2 N–H and O–H groups in total. The molecule has 28 heavy (non-hydrogen) atoms. The number of carbonyl (C=O) groups excluding carboxylic acids is 2. The molecule has 0 aliphatic heterocycles. The van der Waals surface area contributed by atoms with E-state index in [0.717, 1.165) is 11.1 Å². The van der Waals surface area contributed by atoms with E-state index in [9.17, 15) is 14.0 Å². The molecule has 0 aliphatic carbocycles. The molecular weight excluding hydrogens is 357 g/mol. The molecule has 0 radical (unpaired) electrons. The zero-order valence-corrected chi connectivity index (χ0v) is 15.6. The Labute approximate surface area is 162 Å². The molecule has 0 unspecified atom stereocenters. The van der Waals surface area contributed by atoms with E-state index >= 15 is 0 Å². The van der Waals surface area contributed by atoms with E-state index in [0.29, 0.717) is 16.8 Å². The van der Waals surface area contributed by atoms with Crippen LogP contribution in [-0.2, 0) is 6.54 Å². The first-order valence-electron chi connectivity index (χ1n) is 8.80. The normalized spacial score (nSPS) is 10.4. The summed E-state index contributed by atoms with van der Waals surface area (Å²) in [6, 6.07) is 14.9. The molecule has 2 aromatic carbocycles. The first-order chi connectivity index (χ1) is 13.4. The molecular formula is C22H20FN3O2. The van der Waals surface area contributed by atoms with Crippen molar-refractivity contribution in [2.24, 2.45) is 0 Å². The molecule has 0 fully saturated rings. The van der Waals surface area contributed by atoms with Gasteiger partial charge in [-0.15, -0.1) is 0 Å². The van der Waals surface area contributed by atoms with E-state index in [1.54, 1.807) is 18.2 Å². The van der Waals surface area contributed by atoms with E-state index in [-0.39, 0.29) is 18.1 Å². The molecule has 5 nitrogen and oxygen atoms in total. The standard InChI is InChI=1S/C22H20FN3O2/c1-14-7-8-15(2)19(11-14)26-21(27)16-9-10-24-20(12-16)22(28)25-13-17-5-3-4-6-18(17)23/h3-12H,13H2,1-2H3,(H,25,28)(H,26,27). The van der Waals surface area contributed by atoms with Crippen LogP contribution in [0.2, 0.25) is 0 Å². The van der Waals surface area contributed by atoms with Gasteiger partial charge in [0.25, 0.3) is 11.8 Å². The lowest BCUT2D eigenvalue weighted by Crippen LogP contribution is -2.25. The van der Waals surface area contributed by atoms with Crippen molar-refractivity contribution in [2.75, 3.05) is 5.32 Å². The Balaban J connectivity index is 1.70. The Hall–Kier alpha value is -3.54. The van der Waals surface area contributed by atoms with Crippen molar-refractivity contribution in [3.8, 4) is 0 Å². The second-order valence-corrected chi connectivity index (χ2v) is 6.48. The molecule has 0 atom stereocenters. The van der Waals surface area contributed by atoms with Crippen molar-refractivity contribution < 1.29 is 14.0 Å². The Morgan fingerprint density at radius 3 is 2.57 bits per heavy atom. The zero-order chi connectivity index (χ0) is 20.1. The molecule has 0 bridgehead atoms. The van der Waals surface area contributed by atoms with Gasteiger partial charge in [0.2, 0.25) is 0 Å². The molecule has 1 heterocycles. The third-order valence-corrected chi connectivity index (χ3v) is 4.29. The van der Waals surface area contributed by atoms with Crippen LogP contribution in [0.1, 0.15) is 37.5 Å². The number of amides is 2. The number of pyridine rings is 1. The number of benzene rings is 2. The average molecular weight is 377 g/mol. The van der Waals surface area contributed by atoms with Crippen LogP contribution in [-0.4, -0.2) is 16.8 Å². The van der Waals surface area contributed by atoms with E-state index in [1.807, 2.05) is 32.0 Å². The monoisotopic (exact) mass is 377 g/mol. The third kappa shape index (κ3) is 4.59. The number of halogens is 1. The van der Waals surface area contributed by atoms with Crippen LogP contribution in [0.25, 0.3) is 0 Å². The van der Waals surface area contributed by atoms with E-state index < -0.39 is 11.7 Å². The van der Waals surface area contributed by atoms with Gasteiger partial charge in [0, 0.05) is 29.6 Å². The maximum atomic E-state index is 13.7. The fourth-order valence-electron chi connectivity index (χ4n) is 2.67. The number of anilines is 1. The maximum absolute atomic E-state index is 13.7. The Bertz CT molecular complexity index is 1030. The zero-order valence-electron chi connectivity index (χ0n) is 15.6. The summed E-state index contributed by atoms with van der Waals surface area (Å²) < 4.78 is 13.7. The van der Waals surface area contributed by atoms with Crippen molar-refractivity contribution in [1.29, 1.82) is 0 Å². The summed E-state index contributed by atoms with van der Waals surface area (Å²) in [5.41, 5.74) is 3.46. The maximum Gasteiger partial charge on any atom is 0.270 e. The molecule has 0 aliphatic rings. The highest BCUT2D eigenvalue weighted by molar-refractivity contribution is 6.06. The van der Waals surface area contributed by atoms with Gasteiger partial charge in [-0.05, 0) is 49.2 Å². The summed E-state index contributed by atoms with van der Waals surface area (Å²) in [5.74, 6) is -1.21. The van der Waals surface area contributed by atoms with Gasteiger partial charge in [0.05, 0.1) is 0 Å². The molecule has 2 amide bonds. The molecule has 3 rings (SSSR count). The third-order valence-electron chi connectivity index (χ3n) is 4.29. The van der Waals surface area contributed by atoms with Crippen LogP contribution in [0.15, 0.2) is 60.8 Å². The molecule has 6 heteroatoms. The van der Waals surface area contributed by atoms with Crippen molar-refractivity contribution >= 4 is 17.5 Å². The van der Waals surface area contributed by atoms with Gasteiger partial charge in [-0.25, -0.2) is 4.39 Å². The minimum Gasteiger partial charge on any atom is -0.347 e. The van der Waals surface area contributed by atoms with Gasteiger partial charge in [-0.2, -0.15) is 0 Å². The van der Waals surface area contributed by atoms with Crippen molar-refractivity contribution in [2.45, 2.75) is 20.4 Å². The van der Waals surface area contributed by atoms with Crippen LogP contribution in [0.3, 0.4) is 0 Å². The van der Waals surface area contributed by atoms with Gasteiger partial charge in [-0.1, -0.05) is 30.3 Å². The topological polar surface area (TPSA) is 71.1 Å². The predicted molar refractivity (Wildman–Crippen MR) is 106 cm³/mol. The van der Waals surface area contributed by atoms with E-state index in [4.69, 9.17) is 0 Å². The summed E-state index contributed by atoms with van der Waals surface area (Å²) in [6.45, 7) is 3.88. The highest BCUT2D eigenvalue weighted by Gasteiger charge is 2.13. The minimum absolute atomic E-state index is 0.0338. The molecule has 0 saturated heterocycles. The van der Waals surface area contributed by atoms with Gasteiger partial charge in [0.15, 0.2) is 0 Å². The predicted octanol–water partition coefficient (Wildman–Crippen LogP) is 4.02. The highest BCUT2D eigenvalue weighted by atomic mass is 19.1. The summed E-state index contributed by atoms with van der Waals surface area (Å²) in [6.07, 6.45) is 1.40. The average Bonchev–Trinajstić information content (AvgIpc) is 2.70. The number of rotatable bonds is 5. The second-order valence-electron chi connectivity index (χ2n) is 6.48. The lowest BCUT2D eigenvalue weighted by Gasteiger charge is -2.10. The Morgan fingerprint density at radius 2 is 1.79 bits per heavy atom. The van der Waals surface area contributed by atoms with Gasteiger partial charge >= 0.3 is 0 Å². The number of aromatic nitrogens is 1. The lowest BCUT2D eigenvalue weighted by atomic mass is 10.1. The Morgan fingerprint density at radius 1 is 1.00 bits per heavy atom. The van der Waals surface area contributed by atoms with Crippen LogP contribution in [0.5, 0.6) is 0 Å². The molecule has 0 spiro atoms. The van der Waals surface area contributed by atoms with E-state index in [1.165, 1.54) is 24.4 Å². The number of hydrogen-bond acceptors (Lipinski definition) is 3. The number of aryl methyl sites for hydroxylation is 2. The van der Waals surface area contributed by atoms with Gasteiger partial charge < -0.3 is 10.6 Å². The number of nitrogens with zero attached hydrogens (tertiary/aromatic N) is 1. The largest absolute Gasteiger partial charge is 0.347 e. The van der Waals surface area contributed by atoms with Crippen LogP contribution >= 0.6 is 0 Å². The van der Waals surface area contributed by atoms with Crippen molar-refractivity contribution in [1.82, 2.24) is 10.3 Å². The quantitative estimate of drug-likeness (QED) is 0.705. The molecule has 1 aromatic heterocycles. The Kier molecular flexibility index (Phi) is 5.79. The number of nitrogens with one attached hydrogen (secondary N) is 2. The van der Waals surface area contributed by atoms with E-state index in [2.05, 4.69) is 15.6 Å². The first-order valence-corrected chi connectivity index (χ1v) is 8.80. The van der Waals surface area contributed by atoms with Gasteiger partial charge in [-0.3, -0.25) is 14.6 Å². The first kappa shape index (κ1) is 19.2. The molecule has 0 saturated carbocycles. The summed E-state index contributed by atoms with van der Waals surface area (Å²) >= 11 is 0. The fraction of sp³-hybridized carbons (Fsp3) is 0.136. The summed E-state index contributed by atoms with van der Waals surface area (Å²) in [4.78, 5) is 28.9. The molecule has 3 aromatic rings. The lowest BCUT2D eigenvalue weighted by molar-refractivity contribution is 0.0945. The van der Waals surface area contributed by atoms with Crippen LogP contribution < -0.4 is 10.6 Å². The number of carbonyl (C=O) groups is 2. The van der Waals surface area contributed by atoms with Crippen molar-refractivity contribution in [3.05, 3.63) is 94.6 Å². The molecule has 142 valence electrons. The smallest absolute Gasteiger partial charge is 0.270 e. The van der Waals surface area contributed by atoms with Gasteiger partial charge in [0.1, 0.15) is 11.5 Å². The minimum atomic E-state index is -0.482. The summed E-state index contributed by atoms with van der Waals surface area (Å²) in [7, 11) is 0. The van der Waals surface area contributed by atoms with Crippen LogP contribution in [0.4, 0.5) is 10.1 Å². The number of hydrogen-bond donors (Lipinski definition) is 2. The SMILES string of the molecule is Cc1ccc(C)c(NC(=O)c2ccnc(C(=O)NCc3ccccc3F)c2)c1. The van der Waals surface area contributed by atoms with Crippen molar-refractivity contribution in [3.63, 3.8) is 0 Å². The highest BCUT2D eigenvalue weighted by Crippen LogP contribution is 2.17. The summed E-state index contributed by atoms with van der Waals surface area (Å²) in [5, 5.41) is 5.47. The fourth-order valence-corrected chi connectivity index (χ4v) is 2.67.